The second-order valence-corrected chi connectivity index (χ2v) is 10.3. The number of aliphatic hydroxyl groups excluding tert-OH is 1. The van der Waals surface area contributed by atoms with E-state index in [2.05, 4.69) is 20.4 Å². The number of ether oxygens (including phenoxy) is 3. The van der Waals surface area contributed by atoms with E-state index in [1.54, 1.807) is 0 Å². The first-order chi connectivity index (χ1) is 13.6. The highest BCUT2D eigenvalue weighted by Gasteiger charge is 2.79. The zero-order valence-corrected chi connectivity index (χ0v) is 17.1. The summed E-state index contributed by atoms with van der Waals surface area (Å²) in [5.41, 5.74) is -2.05. The summed E-state index contributed by atoms with van der Waals surface area (Å²) in [6.45, 7) is 9.65. The minimum absolute atomic E-state index is 0.175. The fraction of sp³-hybridized carbons (Fsp3) is 0.773. The molecule has 2 aliphatic heterocycles. The van der Waals surface area contributed by atoms with Gasteiger partial charge in [-0.05, 0) is 42.6 Å². The topological polar surface area (TPSA) is 99.1 Å². The molecule has 0 aromatic carbocycles. The van der Waals surface area contributed by atoms with Crippen molar-refractivity contribution in [2.24, 2.45) is 34.0 Å². The lowest BCUT2D eigenvalue weighted by Gasteiger charge is -2.62. The maximum Gasteiger partial charge on any atom is 0.320 e. The molecule has 3 saturated carbocycles. The van der Waals surface area contributed by atoms with Crippen molar-refractivity contribution in [3.8, 4) is 0 Å². The summed E-state index contributed by atoms with van der Waals surface area (Å²) in [6, 6.07) is 0. The molecule has 2 heterocycles. The van der Waals surface area contributed by atoms with E-state index < -0.39 is 47.2 Å². The van der Waals surface area contributed by atoms with E-state index in [4.69, 9.17) is 14.2 Å². The molecule has 5 aliphatic rings. The molecule has 0 radical (unpaired) electrons. The number of allylic oxidation sites excluding steroid dienone is 1. The van der Waals surface area contributed by atoms with Crippen molar-refractivity contribution < 1.29 is 33.7 Å². The summed E-state index contributed by atoms with van der Waals surface area (Å²) in [7, 11) is 0. The van der Waals surface area contributed by atoms with Crippen LogP contribution in [0.2, 0.25) is 0 Å². The van der Waals surface area contributed by atoms with E-state index in [0.29, 0.717) is 24.8 Å². The molecule has 29 heavy (non-hydrogen) atoms. The molecule has 7 nitrogen and oxygen atoms in total. The first-order valence-electron chi connectivity index (χ1n) is 10.5. The van der Waals surface area contributed by atoms with Crippen LogP contribution in [0.3, 0.4) is 0 Å². The average molecular weight is 404 g/mol. The van der Waals surface area contributed by atoms with Gasteiger partial charge in [0.2, 0.25) is 0 Å². The van der Waals surface area contributed by atoms with Crippen molar-refractivity contribution in [2.75, 3.05) is 6.61 Å². The smallest absolute Gasteiger partial charge is 0.320 e. The molecule has 0 aromatic heterocycles. The van der Waals surface area contributed by atoms with Gasteiger partial charge in [0, 0.05) is 24.2 Å². The number of hydrogen-bond donors (Lipinski definition) is 1. The lowest BCUT2D eigenvalue weighted by Crippen LogP contribution is -2.71. The monoisotopic (exact) mass is 404 g/mol. The Balaban J connectivity index is 1.75. The Kier molecular flexibility index (Phi) is 3.78. The fourth-order valence-electron chi connectivity index (χ4n) is 7.64. The van der Waals surface area contributed by atoms with Gasteiger partial charge in [-0.1, -0.05) is 20.4 Å². The Morgan fingerprint density at radius 2 is 2.00 bits per heavy atom. The third-order valence-corrected chi connectivity index (χ3v) is 8.55. The van der Waals surface area contributed by atoms with Crippen LogP contribution in [0.15, 0.2) is 12.2 Å². The Morgan fingerprint density at radius 3 is 2.69 bits per heavy atom. The highest BCUT2D eigenvalue weighted by molar-refractivity contribution is 6.15. The summed E-state index contributed by atoms with van der Waals surface area (Å²) >= 11 is 0. The van der Waals surface area contributed by atoms with Crippen LogP contribution in [-0.2, 0) is 28.6 Å². The number of carbonyl (C=O) groups is 3. The van der Waals surface area contributed by atoms with E-state index in [1.807, 2.05) is 0 Å². The second kappa shape index (κ2) is 5.70. The normalized spacial score (nSPS) is 49.7. The molecular formula is C22H28O7. The van der Waals surface area contributed by atoms with Crippen LogP contribution >= 0.6 is 0 Å². The Labute approximate surface area is 169 Å². The molecule has 5 rings (SSSR count). The SMILES string of the molecule is C=C1C(=O)[C@]23C[C@H]1C[C@H](OC(C)=O)[C@H]2[C@@]12CO[C@@H](O)[C@@H]1C(C)(C)CC[C@@H]2OC3=O. The van der Waals surface area contributed by atoms with Gasteiger partial charge in [0.15, 0.2) is 12.1 Å². The highest BCUT2D eigenvalue weighted by Crippen LogP contribution is 2.71. The van der Waals surface area contributed by atoms with Crippen molar-refractivity contribution in [3.05, 3.63) is 12.2 Å². The minimum atomic E-state index is -1.41. The first kappa shape index (κ1) is 19.2. The summed E-state index contributed by atoms with van der Waals surface area (Å²) in [5, 5.41) is 10.8. The number of carbonyl (C=O) groups excluding carboxylic acids is 3. The standard InChI is InChI=1S/C22H28O7/c1-10-12-7-13(28-11(2)23)15-21(8-12,17(10)24)19(26)29-14-5-6-20(3,4)16-18(25)27-9-22(14,15)16/h12-16,18,25H,1,5-9H2,2-4H3/t12-,13+,14+,15-,16-,18-,21+,22+/m1/s1. The van der Waals surface area contributed by atoms with Gasteiger partial charge in [-0.15, -0.1) is 0 Å². The van der Waals surface area contributed by atoms with Crippen LogP contribution in [0, 0.1) is 34.0 Å². The molecule has 158 valence electrons. The van der Waals surface area contributed by atoms with Gasteiger partial charge < -0.3 is 19.3 Å². The quantitative estimate of drug-likeness (QED) is 0.404. The molecule has 5 fully saturated rings. The number of fused-ring (bicyclic) bond motifs is 1. The summed E-state index contributed by atoms with van der Waals surface area (Å²) < 4.78 is 17.5. The Morgan fingerprint density at radius 1 is 1.28 bits per heavy atom. The van der Waals surface area contributed by atoms with Crippen molar-refractivity contribution in [2.45, 2.75) is 65.0 Å². The Bertz CT molecular complexity index is 831. The van der Waals surface area contributed by atoms with Crippen molar-refractivity contribution >= 4 is 17.7 Å². The maximum atomic E-state index is 13.4. The van der Waals surface area contributed by atoms with Crippen LogP contribution < -0.4 is 0 Å². The van der Waals surface area contributed by atoms with Crippen LogP contribution in [0.25, 0.3) is 0 Å². The van der Waals surface area contributed by atoms with Gasteiger partial charge in [0.05, 0.1) is 6.61 Å². The van der Waals surface area contributed by atoms with Gasteiger partial charge >= 0.3 is 11.9 Å². The van der Waals surface area contributed by atoms with Crippen molar-refractivity contribution in [3.63, 3.8) is 0 Å². The number of rotatable bonds is 1. The molecule has 0 aromatic rings. The number of aliphatic hydroxyl groups is 1. The fourth-order valence-corrected chi connectivity index (χ4v) is 7.64. The van der Waals surface area contributed by atoms with Gasteiger partial charge in [-0.25, -0.2) is 0 Å². The molecular weight excluding hydrogens is 376 g/mol. The predicted molar refractivity (Wildman–Crippen MR) is 99.1 cm³/mol. The highest BCUT2D eigenvalue weighted by atomic mass is 16.6. The van der Waals surface area contributed by atoms with E-state index in [1.165, 1.54) is 6.92 Å². The number of esters is 2. The molecule has 0 unspecified atom stereocenters. The molecule has 2 spiro atoms. The molecule has 0 amide bonds. The summed E-state index contributed by atoms with van der Waals surface area (Å²) in [6.07, 6.45) is 0.0808. The lowest BCUT2D eigenvalue weighted by atomic mass is 9.43. The lowest BCUT2D eigenvalue weighted by molar-refractivity contribution is -0.254. The van der Waals surface area contributed by atoms with Gasteiger partial charge in [0.1, 0.15) is 17.6 Å². The van der Waals surface area contributed by atoms with E-state index >= 15 is 0 Å². The van der Waals surface area contributed by atoms with Crippen LogP contribution in [0.4, 0.5) is 0 Å². The van der Waals surface area contributed by atoms with Crippen molar-refractivity contribution in [1.29, 1.82) is 0 Å². The van der Waals surface area contributed by atoms with Crippen molar-refractivity contribution in [1.82, 2.24) is 0 Å². The predicted octanol–water partition coefficient (Wildman–Crippen LogP) is 1.77. The van der Waals surface area contributed by atoms with E-state index in [0.717, 1.165) is 6.42 Å². The minimum Gasteiger partial charge on any atom is -0.462 e. The third kappa shape index (κ3) is 2.13. The molecule has 8 atom stereocenters. The van der Waals surface area contributed by atoms with Gasteiger partial charge in [0.25, 0.3) is 0 Å². The molecule has 2 saturated heterocycles. The van der Waals surface area contributed by atoms with Gasteiger partial charge in [-0.2, -0.15) is 0 Å². The van der Waals surface area contributed by atoms with E-state index in [-0.39, 0.29) is 29.6 Å². The number of ketones is 1. The van der Waals surface area contributed by atoms with Crippen LogP contribution in [-0.4, -0.2) is 47.9 Å². The van der Waals surface area contributed by atoms with Crippen LogP contribution in [0.5, 0.6) is 0 Å². The zero-order chi connectivity index (χ0) is 20.9. The molecule has 7 heteroatoms. The third-order valence-electron chi connectivity index (χ3n) is 8.55. The van der Waals surface area contributed by atoms with Gasteiger partial charge in [-0.3, -0.25) is 14.4 Å². The molecule has 1 N–H and O–H groups in total. The zero-order valence-electron chi connectivity index (χ0n) is 17.1. The largest absolute Gasteiger partial charge is 0.462 e. The average Bonchev–Trinajstić information content (AvgIpc) is 3.08. The number of hydrogen-bond acceptors (Lipinski definition) is 7. The maximum absolute atomic E-state index is 13.4. The van der Waals surface area contributed by atoms with E-state index in [9.17, 15) is 19.5 Å². The molecule has 2 bridgehead atoms. The number of Topliss-reactive ketones (excluding diaryl/α,β-unsaturated/α-hetero) is 1. The first-order valence-corrected chi connectivity index (χ1v) is 10.5. The molecule has 3 aliphatic carbocycles. The Hall–Kier alpha value is -1.73. The summed E-state index contributed by atoms with van der Waals surface area (Å²) in [5.74, 6) is -2.38. The van der Waals surface area contributed by atoms with Crippen LogP contribution in [0.1, 0.15) is 46.5 Å². The second-order valence-electron chi connectivity index (χ2n) is 10.3. The summed E-state index contributed by atoms with van der Waals surface area (Å²) in [4.78, 5) is 38.8.